The number of nitrogens with zero attached hydrogens (tertiary/aromatic N) is 4. The number of rotatable bonds is 6. The summed E-state index contributed by atoms with van der Waals surface area (Å²) < 4.78 is 7.73. The molecule has 124 valence electrons. The zero-order chi connectivity index (χ0) is 17.0. The minimum absolute atomic E-state index is 0.0658. The van der Waals surface area contributed by atoms with Crippen molar-refractivity contribution < 1.29 is 14.3 Å². The van der Waals surface area contributed by atoms with Gasteiger partial charge in [0, 0.05) is 18.9 Å². The highest BCUT2D eigenvalue weighted by Gasteiger charge is 2.24. The molecule has 2 heterocycles. The van der Waals surface area contributed by atoms with Crippen LogP contribution in [0.2, 0.25) is 5.02 Å². The fourth-order valence-electron chi connectivity index (χ4n) is 2.12. The van der Waals surface area contributed by atoms with Crippen LogP contribution in [0.25, 0.3) is 0 Å². The molecule has 8 nitrogen and oxygen atoms in total. The molecule has 2 aromatic heterocycles. The van der Waals surface area contributed by atoms with E-state index in [-0.39, 0.29) is 11.6 Å². The second-order valence-electron chi connectivity index (χ2n) is 4.79. The lowest BCUT2D eigenvalue weighted by Crippen LogP contribution is -2.26. The lowest BCUT2D eigenvalue weighted by Gasteiger charge is -2.15. The number of hydrogen-bond donors (Lipinski definition) is 1. The zero-order valence-corrected chi connectivity index (χ0v) is 13.9. The maximum absolute atomic E-state index is 12.5. The number of carbonyl (C=O) groups excluding carboxylic acids is 2. The SMILES string of the molecule is CCC(C(=O)Nc1cn(CC)nc1C(=O)OC)n1cc(Cl)cn1. The molecule has 2 aromatic rings. The Bertz CT molecular complexity index is 709. The van der Waals surface area contributed by atoms with Gasteiger partial charge in [-0.15, -0.1) is 0 Å². The number of halogens is 1. The molecule has 1 atom stereocenters. The molecule has 0 aliphatic carbocycles. The summed E-state index contributed by atoms with van der Waals surface area (Å²) in [5.41, 5.74) is 0.372. The van der Waals surface area contributed by atoms with Gasteiger partial charge in [-0.2, -0.15) is 10.2 Å². The molecule has 1 amide bonds. The molecule has 1 unspecified atom stereocenters. The van der Waals surface area contributed by atoms with Gasteiger partial charge in [-0.1, -0.05) is 18.5 Å². The highest BCUT2D eigenvalue weighted by Crippen LogP contribution is 2.20. The fourth-order valence-corrected chi connectivity index (χ4v) is 2.26. The van der Waals surface area contributed by atoms with Gasteiger partial charge in [0.25, 0.3) is 0 Å². The summed E-state index contributed by atoms with van der Waals surface area (Å²) >= 11 is 5.84. The van der Waals surface area contributed by atoms with Crippen LogP contribution in [-0.2, 0) is 16.1 Å². The van der Waals surface area contributed by atoms with Crippen molar-refractivity contribution in [3.63, 3.8) is 0 Å². The number of amides is 1. The van der Waals surface area contributed by atoms with Crippen molar-refractivity contribution in [3.8, 4) is 0 Å². The van der Waals surface area contributed by atoms with Gasteiger partial charge in [-0.25, -0.2) is 4.79 Å². The lowest BCUT2D eigenvalue weighted by atomic mass is 10.2. The second kappa shape index (κ2) is 7.28. The van der Waals surface area contributed by atoms with E-state index in [1.54, 1.807) is 17.1 Å². The third-order valence-corrected chi connectivity index (χ3v) is 3.50. The third kappa shape index (κ3) is 3.70. The third-order valence-electron chi connectivity index (χ3n) is 3.30. The normalized spacial score (nSPS) is 12.0. The lowest BCUT2D eigenvalue weighted by molar-refractivity contribution is -0.119. The van der Waals surface area contributed by atoms with Crippen LogP contribution in [0, 0.1) is 0 Å². The molecule has 9 heteroatoms. The van der Waals surface area contributed by atoms with Crippen molar-refractivity contribution in [2.24, 2.45) is 0 Å². The summed E-state index contributed by atoms with van der Waals surface area (Å²) in [7, 11) is 1.26. The van der Waals surface area contributed by atoms with E-state index in [0.29, 0.717) is 23.7 Å². The largest absolute Gasteiger partial charge is 0.464 e. The Labute approximate surface area is 138 Å². The van der Waals surface area contributed by atoms with Gasteiger partial charge in [0.2, 0.25) is 5.91 Å². The van der Waals surface area contributed by atoms with E-state index in [1.165, 1.54) is 18.0 Å². The number of ether oxygens (including phenoxy) is 1. The molecule has 0 saturated carbocycles. The van der Waals surface area contributed by atoms with Gasteiger partial charge >= 0.3 is 5.97 Å². The zero-order valence-electron chi connectivity index (χ0n) is 13.1. The Morgan fingerprint density at radius 1 is 1.39 bits per heavy atom. The smallest absolute Gasteiger partial charge is 0.360 e. The number of nitrogens with one attached hydrogen (secondary N) is 1. The predicted octanol–water partition coefficient (Wildman–Crippen LogP) is 2.13. The van der Waals surface area contributed by atoms with Crippen molar-refractivity contribution in [1.29, 1.82) is 0 Å². The number of carbonyl (C=O) groups is 2. The molecule has 0 radical (unpaired) electrons. The van der Waals surface area contributed by atoms with Crippen LogP contribution in [0.15, 0.2) is 18.6 Å². The summed E-state index contributed by atoms with van der Waals surface area (Å²) in [6.07, 6.45) is 5.14. The number of hydrogen-bond acceptors (Lipinski definition) is 5. The Balaban J connectivity index is 2.24. The molecule has 0 fully saturated rings. The van der Waals surface area contributed by atoms with Gasteiger partial charge in [0.1, 0.15) is 6.04 Å². The molecular weight excluding hydrogens is 322 g/mol. The first-order valence-electron chi connectivity index (χ1n) is 7.16. The van der Waals surface area contributed by atoms with Crippen LogP contribution >= 0.6 is 11.6 Å². The van der Waals surface area contributed by atoms with Crippen LogP contribution < -0.4 is 5.32 Å². The number of aryl methyl sites for hydroxylation is 1. The maximum Gasteiger partial charge on any atom is 0.360 e. The van der Waals surface area contributed by atoms with Gasteiger partial charge < -0.3 is 10.1 Å². The van der Waals surface area contributed by atoms with E-state index in [9.17, 15) is 9.59 Å². The summed E-state index contributed by atoms with van der Waals surface area (Å²) in [4.78, 5) is 24.3. The van der Waals surface area contributed by atoms with Crippen molar-refractivity contribution in [2.75, 3.05) is 12.4 Å². The molecule has 0 aliphatic heterocycles. The molecule has 1 N–H and O–H groups in total. The van der Waals surface area contributed by atoms with Crippen molar-refractivity contribution in [1.82, 2.24) is 19.6 Å². The van der Waals surface area contributed by atoms with Crippen LogP contribution in [0.1, 0.15) is 36.8 Å². The van der Waals surface area contributed by atoms with Crippen LogP contribution in [0.3, 0.4) is 0 Å². The predicted molar refractivity (Wildman–Crippen MR) is 84.4 cm³/mol. The Morgan fingerprint density at radius 3 is 2.65 bits per heavy atom. The number of aromatic nitrogens is 4. The number of methoxy groups -OCH3 is 1. The van der Waals surface area contributed by atoms with Gasteiger partial charge in [-0.3, -0.25) is 14.2 Å². The maximum atomic E-state index is 12.5. The first-order valence-corrected chi connectivity index (χ1v) is 7.54. The monoisotopic (exact) mass is 339 g/mol. The summed E-state index contributed by atoms with van der Waals surface area (Å²) in [6.45, 7) is 4.29. The van der Waals surface area contributed by atoms with Crippen molar-refractivity contribution >= 4 is 29.2 Å². The molecule has 0 aromatic carbocycles. The molecule has 23 heavy (non-hydrogen) atoms. The van der Waals surface area contributed by atoms with Gasteiger partial charge in [0.05, 0.1) is 24.0 Å². The van der Waals surface area contributed by atoms with Crippen LogP contribution in [-0.4, -0.2) is 38.5 Å². The highest BCUT2D eigenvalue weighted by atomic mass is 35.5. The standard InChI is InChI=1S/C14H18ClN5O3/c1-4-11(20-7-9(15)6-16-20)13(21)17-10-8-19(5-2)18-12(10)14(22)23-3/h6-8,11H,4-5H2,1-3H3,(H,17,21). The molecule has 2 rings (SSSR count). The van der Waals surface area contributed by atoms with E-state index in [2.05, 4.69) is 15.5 Å². The van der Waals surface area contributed by atoms with E-state index in [0.717, 1.165) is 0 Å². The average Bonchev–Trinajstić information content (AvgIpc) is 3.14. The summed E-state index contributed by atoms with van der Waals surface area (Å²) in [5.74, 6) is -0.921. The Hall–Kier alpha value is -2.35. The first-order chi connectivity index (χ1) is 11.0. The fraction of sp³-hybridized carbons (Fsp3) is 0.429. The molecular formula is C14H18ClN5O3. The quantitative estimate of drug-likeness (QED) is 0.814. The van der Waals surface area contributed by atoms with E-state index < -0.39 is 12.0 Å². The van der Waals surface area contributed by atoms with Crippen LogP contribution in [0.5, 0.6) is 0 Å². The van der Waals surface area contributed by atoms with Gasteiger partial charge in [0.15, 0.2) is 5.69 Å². The average molecular weight is 340 g/mol. The van der Waals surface area contributed by atoms with Crippen molar-refractivity contribution in [3.05, 3.63) is 29.3 Å². The summed E-state index contributed by atoms with van der Waals surface area (Å²) in [5, 5.41) is 11.3. The topological polar surface area (TPSA) is 91.0 Å². The van der Waals surface area contributed by atoms with Gasteiger partial charge in [-0.05, 0) is 13.3 Å². The first kappa shape index (κ1) is 17.0. The minimum Gasteiger partial charge on any atom is -0.464 e. The molecule has 0 spiro atoms. The minimum atomic E-state index is -0.609. The molecule has 0 aliphatic rings. The number of anilines is 1. The summed E-state index contributed by atoms with van der Waals surface area (Å²) in [6, 6.07) is -0.544. The second-order valence-corrected chi connectivity index (χ2v) is 5.23. The van der Waals surface area contributed by atoms with E-state index in [1.807, 2.05) is 13.8 Å². The molecule has 0 bridgehead atoms. The van der Waals surface area contributed by atoms with Crippen molar-refractivity contribution in [2.45, 2.75) is 32.9 Å². The Morgan fingerprint density at radius 2 is 2.13 bits per heavy atom. The van der Waals surface area contributed by atoms with E-state index >= 15 is 0 Å². The van der Waals surface area contributed by atoms with E-state index in [4.69, 9.17) is 16.3 Å². The number of esters is 1. The van der Waals surface area contributed by atoms with Crippen LogP contribution in [0.4, 0.5) is 5.69 Å². The highest BCUT2D eigenvalue weighted by molar-refractivity contribution is 6.30. The Kier molecular flexibility index (Phi) is 5.38. The molecule has 0 saturated heterocycles.